The molecule has 100 valence electrons. The van der Waals surface area contributed by atoms with E-state index in [1.807, 2.05) is 18.0 Å². The van der Waals surface area contributed by atoms with Crippen LogP contribution in [-0.4, -0.2) is 52.2 Å². The van der Waals surface area contributed by atoms with Gasteiger partial charge in [0, 0.05) is 32.4 Å². The van der Waals surface area contributed by atoms with Crippen LogP contribution < -0.4 is 4.90 Å². The van der Waals surface area contributed by atoms with Gasteiger partial charge in [-0.15, -0.1) is 0 Å². The van der Waals surface area contributed by atoms with Crippen molar-refractivity contribution in [2.75, 3.05) is 25.0 Å². The van der Waals surface area contributed by atoms with E-state index >= 15 is 0 Å². The molecule has 0 atom stereocenters. The smallest absolute Gasteiger partial charge is 0.407 e. The Kier molecular flexibility index (Phi) is 3.80. The van der Waals surface area contributed by atoms with Gasteiger partial charge in [0.25, 0.3) is 0 Å². The maximum atomic E-state index is 10.8. The average Bonchev–Trinajstić information content (AvgIpc) is 2.46. The zero-order chi connectivity index (χ0) is 13.8. The lowest BCUT2D eigenvalue weighted by Gasteiger charge is -2.36. The molecule has 7 heteroatoms. The first-order valence-corrected chi connectivity index (χ1v) is 6.05. The molecule has 1 aliphatic heterocycles. The standard InChI is InChI=1S/C12H15N5O2/c1-16(11-2-5-14-10(8-13)15-11)9-3-6-17(7-4-9)12(18)19/h2,5,9H,3-4,6-7H2,1H3,(H,18,19). The monoisotopic (exact) mass is 261 g/mol. The van der Waals surface area contributed by atoms with E-state index in [2.05, 4.69) is 9.97 Å². The molecule has 0 aromatic carbocycles. The third kappa shape index (κ3) is 2.91. The Morgan fingerprint density at radius 3 is 2.84 bits per heavy atom. The second-order valence-corrected chi connectivity index (χ2v) is 4.46. The summed E-state index contributed by atoms with van der Waals surface area (Å²) in [5.41, 5.74) is 0. The zero-order valence-electron chi connectivity index (χ0n) is 10.7. The summed E-state index contributed by atoms with van der Waals surface area (Å²) in [5.74, 6) is 0.840. The molecule has 0 bridgehead atoms. The SMILES string of the molecule is CN(c1ccnc(C#N)n1)C1CCN(C(=O)O)CC1. The van der Waals surface area contributed by atoms with Crippen molar-refractivity contribution in [3.05, 3.63) is 18.1 Å². The summed E-state index contributed by atoms with van der Waals surface area (Å²) < 4.78 is 0. The molecule has 0 spiro atoms. The van der Waals surface area contributed by atoms with Crippen molar-refractivity contribution in [2.24, 2.45) is 0 Å². The van der Waals surface area contributed by atoms with Crippen LogP contribution in [0.2, 0.25) is 0 Å². The van der Waals surface area contributed by atoms with Crippen LogP contribution in [0.25, 0.3) is 0 Å². The van der Waals surface area contributed by atoms with E-state index < -0.39 is 6.09 Å². The molecule has 0 radical (unpaired) electrons. The summed E-state index contributed by atoms with van der Waals surface area (Å²) in [6, 6.07) is 3.90. The average molecular weight is 261 g/mol. The summed E-state index contributed by atoms with van der Waals surface area (Å²) in [5, 5.41) is 17.7. The van der Waals surface area contributed by atoms with E-state index in [4.69, 9.17) is 10.4 Å². The van der Waals surface area contributed by atoms with Gasteiger partial charge < -0.3 is 14.9 Å². The Balaban J connectivity index is 2.03. The molecule has 2 rings (SSSR count). The van der Waals surface area contributed by atoms with Gasteiger partial charge in [0.2, 0.25) is 5.82 Å². The van der Waals surface area contributed by atoms with Crippen LogP contribution in [0.1, 0.15) is 18.7 Å². The minimum atomic E-state index is -0.866. The summed E-state index contributed by atoms with van der Waals surface area (Å²) in [6.45, 7) is 1.06. The molecule has 0 unspecified atom stereocenters. The second kappa shape index (κ2) is 5.52. The molecular weight excluding hydrogens is 246 g/mol. The first kappa shape index (κ1) is 13.1. The lowest BCUT2D eigenvalue weighted by molar-refractivity contribution is 0.132. The minimum Gasteiger partial charge on any atom is -0.465 e. The highest BCUT2D eigenvalue weighted by atomic mass is 16.4. The Hall–Kier alpha value is -2.36. The Morgan fingerprint density at radius 1 is 1.58 bits per heavy atom. The van der Waals surface area contributed by atoms with Gasteiger partial charge in [-0.1, -0.05) is 0 Å². The van der Waals surface area contributed by atoms with Gasteiger partial charge in [0.15, 0.2) is 0 Å². The molecule has 1 saturated heterocycles. The Bertz CT molecular complexity index is 505. The highest BCUT2D eigenvalue weighted by Gasteiger charge is 2.25. The predicted molar refractivity (Wildman–Crippen MR) is 67.8 cm³/mol. The van der Waals surface area contributed by atoms with Crippen LogP contribution in [0.3, 0.4) is 0 Å². The van der Waals surface area contributed by atoms with Crippen LogP contribution >= 0.6 is 0 Å². The van der Waals surface area contributed by atoms with Gasteiger partial charge in [0.05, 0.1) is 0 Å². The molecule has 1 aromatic rings. The number of aromatic nitrogens is 2. The first-order chi connectivity index (χ1) is 9.11. The van der Waals surface area contributed by atoms with Gasteiger partial charge in [0.1, 0.15) is 11.9 Å². The van der Waals surface area contributed by atoms with E-state index in [0.717, 1.165) is 12.8 Å². The number of likely N-dealkylation sites (tertiary alicyclic amines) is 1. The molecule has 0 aliphatic carbocycles. The highest BCUT2D eigenvalue weighted by Crippen LogP contribution is 2.20. The third-order valence-corrected chi connectivity index (χ3v) is 3.38. The number of nitriles is 1. The summed E-state index contributed by atoms with van der Waals surface area (Å²) in [7, 11) is 1.91. The molecule has 1 N–H and O–H groups in total. The normalized spacial score (nSPS) is 15.9. The van der Waals surface area contributed by atoms with Crippen LogP contribution in [0, 0.1) is 11.3 Å². The summed E-state index contributed by atoms with van der Waals surface area (Å²) in [4.78, 5) is 22.2. The summed E-state index contributed by atoms with van der Waals surface area (Å²) in [6.07, 6.45) is 2.21. The van der Waals surface area contributed by atoms with Gasteiger partial charge in [-0.2, -0.15) is 5.26 Å². The van der Waals surface area contributed by atoms with E-state index in [1.54, 1.807) is 12.3 Å². The number of amides is 1. The van der Waals surface area contributed by atoms with E-state index in [1.165, 1.54) is 4.90 Å². The number of anilines is 1. The van der Waals surface area contributed by atoms with Crippen molar-refractivity contribution in [3.8, 4) is 6.07 Å². The first-order valence-electron chi connectivity index (χ1n) is 6.05. The van der Waals surface area contributed by atoms with E-state index in [0.29, 0.717) is 18.9 Å². The van der Waals surface area contributed by atoms with Crippen molar-refractivity contribution in [3.63, 3.8) is 0 Å². The third-order valence-electron chi connectivity index (χ3n) is 3.38. The fraction of sp³-hybridized carbons (Fsp3) is 0.500. The van der Waals surface area contributed by atoms with Gasteiger partial charge >= 0.3 is 6.09 Å². The van der Waals surface area contributed by atoms with Crippen molar-refractivity contribution in [1.82, 2.24) is 14.9 Å². The number of nitrogens with zero attached hydrogens (tertiary/aromatic N) is 5. The number of carboxylic acid groups (broad SMARTS) is 1. The fourth-order valence-electron chi connectivity index (χ4n) is 2.23. The minimum absolute atomic E-state index is 0.146. The zero-order valence-corrected chi connectivity index (χ0v) is 10.7. The molecule has 1 aromatic heterocycles. The lowest BCUT2D eigenvalue weighted by Crippen LogP contribution is -2.45. The van der Waals surface area contributed by atoms with Gasteiger partial charge in [-0.05, 0) is 18.9 Å². The highest BCUT2D eigenvalue weighted by molar-refractivity contribution is 5.65. The Labute approximate surface area is 111 Å². The van der Waals surface area contributed by atoms with Gasteiger partial charge in [-0.3, -0.25) is 0 Å². The number of hydrogen-bond donors (Lipinski definition) is 1. The quantitative estimate of drug-likeness (QED) is 0.851. The lowest BCUT2D eigenvalue weighted by atomic mass is 10.0. The van der Waals surface area contributed by atoms with Crippen molar-refractivity contribution < 1.29 is 9.90 Å². The van der Waals surface area contributed by atoms with E-state index in [-0.39, 0.29) is 11.9 Å². The number of carbonyl (C=O) groups is 1. The van der Waals surface area contributed by atoms with Crippen LogP contribution in [0.5, 0.6) is 0 Å². The largest absolute Gasteiger partial charge is 0.465 e. The molecule has 2 heterocycles. The van der Waals surface area contributed by atoms with Crippen molar-refractivity contribution in [2.45, 2.75) is 18.9 Å². The maximum Gasteiger partial charge on any atom is 0.407 e. The molecule has 7 nitrogen and oxygen atoms in total. The van der Waals surface area contributed by atoms with Crippen LogP contribution in [0.15, 0.2) is 12.3 Å². The number of rotatable bonds is 2. The fourth-order valence-corrected chi connectivity index (χ4v) is 2.23. The van der Waals surface area contributed by atoms with Crippen molar-refractivity contribution >= 4 is 11.9 Å². The maximum absolute atomic E-state index is 10.8. The summed E-state index contributed by atoms with van der Waals surface area (Å²) >= 11 is 0. The van der Waals surface area contributed by atoms with Crippen LogP contribution in [0.4, 0.5) is 10.6 Å². The van der Waals surface area contributed by atoms with Crippen LogP contribution in [-0.2, 0) is 0 Å². The Morgan fingerprint density at radius 2 is 2.26 bits per heavy atom. The molecule has 19 heavy (non-hydrogen) atoms. The topological polar surface area (TPSA) is 93.4 Å². The van der Waals surface area contributed by atoms with Gasteiger partial charge in [-0.25, -0.2) is 14.8 Å². The van der Waals surface area contributed by atoms with E-state index in [9.17, 15) is 4.79 Å². The molecular formula is C12H15N5O2. The molecule has 1 amide bonds. The van der Waals surface area contributed by atoms with Crippen molar-refractivity contribution in [1.29, 1.82) is 5.26 Å². The number of hydrogen-bond acceptors (Lipinski definition) is 5. The molecule has 1 aliphatic rings. The number of piperidine rings is 1. The second-order valence-electron chi connectivity index (χ2n) is 4.46. The molecule has 1 fully saturated rings. The molecule has 0 saturated carbocycles. The predicted octanol–water partition coefficient (Wildman–Crippen LogP) is 0.927.